The lowest BCUT2D eigenvalue weighted by atomic mass is 9.77. The Morgan fingerprint density at radius 1 is 1.08 bits per heavy atom. The maximum absolute atomic E-state index is 14.6. The Morgan fingerprint density at radius 3 is 2.36 bits per heavy atom. The normalized spacial score (nSPS) is 15.6. The van der Waals surface area contributed by atoms with Crippen LogP contribution in [0, 0.1) is 0 Å². The molecule has 7 nitrogen and oxygen atoms in total. The van der Waals surface area contributed by atoms with Gasteiger partial charge in [0.1, 0.15) is 17.1 Å². The number of anilines is 1. The number of methoxy groups -OCH3 is 2. The molecule has 2 atom stereocenters. The van der Waals surface area contributed by atoms with E-state index in [2.05, 4.69) is 0 Å². The van der Waals surface area contributed by atoms with Crippen LogP contribution in [0.4, 0.5) is 18.9 Å². The smallest absolute Gasteiger partial charge is 0.422 e. The summed E-state index contributed by atoms with van der Waals surface area (Å²) in [4.78, 5) is 25.2. The maximum atomic E-state index is 14.6. The lowest BCUT2D eigenvalue weighted by molar-refractivity contribution is -0.274. The van der Waals surface area contributed by atoms with Gasteiger partial charge in [-0.05, 0) is 52.6 Å². The summed E-state index contributed by atoms with van der Waals surface area (Å²) in [6, 6.07) is 12.7. The number of rotatable bonds is 6. The molecule has 3 aromatic carbocycles. The van der Waals surface area contributed by atoms with Gasteiger partial charge < -0.3 is 24.2 Å². The summed E-state index contributed by atoms with van der Waals surface area (Å²) in [5, 5.41) is 11.3. The molecule has 206 valence electrons. The highest BCUT2D eigenvalue weighted by Crippen LogP contribution is 2.51. The van der Waals surface area contributed by atoms with Crippen molar-refractivity contribution in [2.75, 3.05) is 32.8 Å². The topological polar surface area (TPSA) is 85.3 Å². The van der Waals surface area contributed by atoms with E-state index in [1.807, 2.05) is 0 Å². The van der Waals surface area contributed by atoms with Crippen LogP contribution in [-0.2, 0) is 15.1 Å². The van der Waals surface area contributed by atoms with Crippen molar-refractivity contribution in [3.05, 3.63) is 76.3 Å². The number of alkyl halides is 3. The largest absolute Gasteiger partial charge is 0.496 e. The van der Waals surface area contributed by atoms with Crippen molar-refractivity contribution in [1.82, 2.24) is 0 Å². The highest BCUT2D eigenvalue weighted by molar-refractivity contribution is 6.31. The molecule has 1 aliphatic heterocycles. The third-order valence-corrected chi connectivity index (χ3v) is 7.28. The first kappa shape index (κ1) is 28.3. The van der Waals surface area contributed by atoms with Crippen molar-refractivity contribution in [3.63, 3.8) is 0 Å². The summed E-state index contributed by atoms with van der Waals surface area (Å²) in [5.41, 5.74) is -2.30. The van der Waals surface area contributed by atoms with Crippen molar-refractivity contribution >= 4 is 29.2 Å². The van der Waals surface area contributed by atoms with Gasteiger partial charge in [-0.2, -0.15) is 13.2 Å². The number of amides is 1. The maximum Gasteiger partial charge on any atom is 0.422 e. The Labute approximate surface area is 227 Å². The molecular weight excluding hydrogens is 539 g/mol. The highest BCUT2D eigenvalue weighted by Gasteiger charge is 2.59. The van der Waals surface area contributed by atoms with Gasteiger partial charge >= 0.3 is 12.1 Å². The second kappa shape index (κ2) is 10.4. The van der Waals surface area contributed by atoms with Gasteiger partial charge in [0.05, 0.1) is 19.9 Å². The Bertz CT molecular complexity index is 1440. The molecule has 0 saturated heterocycles. The molecule has 0 fully saturated rings. The van der Waals surface area contributed by atoms with Crippen molar-refractivity contribution < 1.29 is 42.1 Å². The summed E-state index contributed by atoms with van der Waals surface area (Å²) in [6.07, 6.45) is -5.10. The van der Waals surface area contributed by atoms with Crippen LogP contribution < -0.4 is 14.4 Å². The van der Waals surface area contributed by atoms with E-state index >= 15 is 0 Å². The van der Waals surface area contributed by atoms with Crippen molar-refractivity contribution in [1.29, 1.82) is 0 Å². The number of aliphatic hydroxyl groups is 1. The molecule has 0 aliphatic carbocycles. The highest BCUT2D eigenvalue weighted by atomic mass is 35.5. The average molecular weight is 564 g/mol. The molecular formula is C28H25ClF3NO6. The van der Waals surface area contributed by atoms with Gasteiger partial charge in [0.2, 0.25) is 0 Å². The molecule has 1 heterocycles. The molecule has 0 unspecified atom stereocenters. The molecule has 0 radical (unpaired) electrons. The Morgan fingerprint density at radius 2 is 1.74 bits per heavy atom. The van der Waals surface area contributed by atoms with Crippen LogP contribution in [0.5, 0.6) is 11.5 Å². The molecule has 11 heteroatoms. The van der Waals surface area contributed by atoms with Crippen molar-refractivity contribution in [2.24, 2.45) is 0 Å². The van der Waals surface area contributed by atoms with E-state index < -0.39 is 35.1 Å². The molecule has 0 bridgehead atoms. The molecule has 1 aliphatic rings. The Balaban J connectivity index is 1.75. The van der Waals surface area contributed by atoms with E-state index in [1.54, 1.807) is 18.2 Å². The SMILES string of the molecule is COC(=O)c1ccc(-c2ccc([C@H](C)[C@](O)(c3ccc4c(c3)N(C)C(=O)CO4)C(F)(F)F)c(Cl)c2)cc1OC. The number of esters is 1. The first-order valence-corrected chi connectivity index (χ1v) is 12.1. The lowest BCUT2D eigenvalue weighted by Crippen LogP contribution is -2.47. The second-order valence-electron chi connectivity index (χ2n) is 9.05. The predicted molar refractivity (Wildman–Crippen MR) is 138 cm³/mol. The van der Waals surface area contributed by atoms with E-state index in [0.29, 0.717) is 11.1 Å². The molecule has 1 amide bonds. The number of ether oxygens (including phenoxy) is 3. The van der Waals surface area contributed by atoms with E-state index in [-0.39, 0.29) is 39.9 Å². The van der Waals surface area contributed by atoms with E-state index in [0.717, 1.165) is 12.1 Å². The fourth-order valence-corrected chi connectivity index (χ4v) is 4.94. The van der Waals surface area contributed by atoms with Crippen LogP contribution in [-0.4, -0.2) is 51.0 Å². The minimum atomic E-state index is -5.10. The fraction of sp³-hybridized carbons (Fsp3) is 0.286. The number of hydrogen-bond acceptors (Lipinski definition) is 6. The van der Waals surface area contributed by atoms with Crippen LogP contribution in [0.15, 0.2) is 54.6 Å². The van der Waals surface area contributed by atoms with Crippen LogP contribution in [0.1, 0.15) is 34.3 Å². The van der Waals surface area contributed by atoms with Crippen LogP contribution in [0.2, 0.25) is 5.02 Å². The van der Waals surface area contributed by atoms with Gasteiger partial charge in [0.25, 0.3) is 5.91 Å². The molecule has 0 aromatic heterocycles. The van der Waals surface area contributed by atoms with Gasteiger partial charge in [-0.25, -0.2) is 4.79 Å². The summed E-state index contributed by atoms with van der Waals surface area (Å²) in [6.45, 7) is 0.995. The molecule has 3 aromatic rings. The minimum absolute atomic E-state index is 0.00715. The first-order valence-electron chi connectivity index (χ1n) is 11.7. The van der Waals surface area contributed by atoms with E-state index in [1.165, 1.54) is 57.4 Å². The predicted octanol–water partition coefficient (Wildman–Crippen LogP) is 5.71. The first-order chi connectivity index (χ1) is 18.3. The van der Waals surface area contributed by atoms with Crippen LogP contribution >= 0.6 is 11.6 Å². The zero-order valence-electron chi connectivity index (χ0n) is 21.4. The molecule has 0 spiro atoms. The Kier molecular flexibility index (Phi) is 7.55. The van der Waals surface area contributed by atoms with Gasteiger partial charge in [0, 0.05) is 18.0 Å². The number of carbonyl (C=O) groups is 2. The van der Waals surface area contributed by atoms with Crippen molar-refractivity contribution in [3.8, 4) is 22.6 Å². The zero-order chi connectivity index (χ0) is 28.7. The summed E-state index contributed by atoms with van der Waals surface area (Å²) >= 11 is 6.50. The van der Waals surface area contributed by atoms with Gasteiger partial charge in [-0.3, -0.25) is 4.79 Å². The number of halogens is 4. The van der Waals surface area contributed by atoms with Crippen molar-refractivity contribution in [2.45, 2.75) is 24.6 Å². The van der Waals surface area contributed by atoms with Gasteiger partial charge in [0.15, 0.2) is 12.2 Å². The number of fused-ring (bicyclic) bond motifs is 1. The second-order valence-corrected chi connectivity index (χ2v) is 9.46. The lowest BCUT2D eigenvalue weighted by Gasteiger charge is -2.38. The number of likely N-dealkylation sites (N-methyl/N-ethyl adjacent to an activating group) is 1. The quantitative estimate of drug-likeness (QED) is 0.387. The standard InChI is InChI=1S/C28H25ClF3NO6/c1-15(27(36,28(30,31)32)18-7-10-23-22(13-18)33(2)25(34)14-39-23)19-8-5-16(11-21(19)29)17-6-9-20(26(35)38-4)24(12-17)37-3/h5-13,15,36H,14H2,1-4H3/t15-,27-/m0/s1. The molecule has 39 heavy (non-hydrogen) atoms. The van der Waals surface area contributed by atoms with Crippen LogP contribution in [0.3, 0.4) is 0 Å². The monoisotopic (exact) mass is 563 g/mol. The zero-order valence-corrected chi connectivity index (χ0v) is 22.2. The number of carbonyl (C=O) groups excluding carboxylic acids is 2. The number of hydrogen-bond donors (Lipinski definition) is 1. The molecule has 4 rings (SSSR count). The summed E-state index contributed by atoms with van der Waals surface area (Å²) in [7, 11) is 4.06. The van der Waals surface area contributed by atoms with E-state index in [4.69, 9.17) is 25.8 Å². The average Bonchev–Trinajstić information content (AvgIpc) is 2.92. The van der Waals surface area contributed by atoms with Crippen LogP contribution in [0.25, 0.3) is 11.1 Å². The number of benzene rings is 3. The molecule has 0 saturated carbocycles. The van der Waals surface area contributed by atoms with E-state index in [9.17, 15) is 27.9 Å². The fourth-order valence-electron chi connectivity index (χ4n) is 4.60. The third kappa shape index (κ3) is 4.90. The summed E-state index contributed by atoms with van der Waals surface area (Å²) < 4.78 is 59.0. The van der Waals surface area contributed by atoms with Gasteiger partial charge in [-0.15, -0.1) is 0 Å². The summed E-state index contributed by atoms with van der Waals surface area (Å²) in [5.74, 6) is -2.08. The third-order valence-electron chi connectivity index (χ3n) is 6.95. The van der Waals surface area contributed by atoms with Gasteiger partial charge in [-0.1, -0.05) is 42.8 Å². The Hall–Kier alpha value is -3.76. The number of nitrogens with zero attached hydrogens (tertiary/aromatic N) is 1. The molecule has 1 N–H and O–H groups in total. The minimum Gasteiger partial charge on any atom is -0.496 e.